The van der Waals surface area contributed by atoms with E-state index >= 15 is 0 Å². The number of carbonyl (C=O) groups excluding carboxylic acids is 1. The molecule has 0 aromatic rings. The van der Waals surface area contributed by atoms with Crippen molar-refractivity contribution in [1.29, 1.82) is 0 Å². The molecule has 64 valence electrons. The van der Waals surface area contributed by atoms with Gasteiger partial charge in [0.1, 0.15) is 12.0 Å². The number of rotatable bonds is 1. The average Bonchev–Trinajstić information content (AvgIpc) is 2.13. The molecule has 1 unspecified atom stereocenters. The summed E-state index contributed by atoms with van der Waals surface area (Å²) in [5.41, 5.74) is 0. The molecule has 1 saturated heterocycles. The van der Waals surface area contributed by atoms with Crippen molar-refractivity contribution >= 4 is 5.78 Å². The van der Waals surface area contributed by atoms with Crippen molar-refractivity contribution in [2.75, 3.05) is 19.6 Å². The summed E-state index contributed by atoms with van der Waals surface area (Å²) >= 11 is 0. The number of ketones is 1. The highest BCUT2D eigenvalue weighted by atomic mass is 19.1. The number of alkyl halides is 1. The number of likely N-dealkylation sites (N-methyl/N-ethyl adjacent to an activating group) is 1. The molecule has 2 nitrogen and oxygen atoms in total. The first-order valence-electron chi connectivity index (χ1n) is 4.10. The SMILES string of the molecule is CCN1CC(=O)CCC(F)C1. The first-order chi connectivity index (χ1) is 5.22. The first kappa shape index (κ1) is 8.65. The standard InChI is InChI=1S/C8H14FNO/c1-2-10-5-7(9)3-4-8(11)6-10/h7H,2-6H2,1H3. The van der Waals surface area contributed by atoms with Gasteiger partial charge in [-0.05, 0) is 13.0 Å². The summed E-state index contributed by atoms with van der Waals surface area (Å²) in [4.78, 5) is 12.9. The predicted molar refractivity (Wildman–Crippen MR) is 41.3 cm³/mol. The van der Waals surface area contributed by atoms with E-state index in [-0.39, 0.29) is 5.78 Å². The van der Waals surface area contributed by atoms with E-state index in [0.29, 0.717) is 25.9 Å². The Bertz CT molecular complexity index is 149. The Balaban J connectivity index is 2.47. The molecule has 0 N–H and O–H groups in total. The highest BCUT2D eigenvalue weighted by molar-refractivity contribution is 5.80. The molecule has 1 rings (SSSR count). The summed E-state index contributed by atoms with van der Waals surface area (Å²) in [6.45, 7) is 3.59. The van der Waals surface area contributed by atoms with Gasteiger partial charge in [-0.25, -0.2) is 4.39 Å². The molecule has 1 atom stereocenters. The molecule has 0 aliphatic carbocycles. The zero-order chi connectivity index (χ0) is 8.27. The minimum atomic E-state index is -0.804. The highest BCUT2D eigenvalue weighted by Gasteiger charge is 2.20. The van der Waals surface area contributed by atoms with Crippen LogP contribution in [0.25, 0.3) is 0 Å². The quantitative estimate of drug-likeness (QED) is 0.569. The maximum absolute atomic E-state index is 12.9. The third-order valence-electron chi connectivity index (χ3n) is 2.04. The van der Waals surface area contributed by atoms with E-state index in [1.165, 1.54) is 0 Å². The number of nitrogens with zero attached hydrogens (tertiary/aromatic N) is 1. The molecule has 0 aromatic carbocycles. The molecule has 0 amide bonds. The van der Waals surface area contributed by atoms with Crippen LogP contribution in [0.1, 0.15) is 19.8 Å². The van der Waals surface area contributed by atoms with Crippen LogP contribution in [0.2, 0.25) is 0 Å². The Morgan fingerprint density at radius 1 is 1.73 bits per heavy atom. The number of likely N-dealkylation sites (tertiary alicyclic amines) is 1. The minimum Gasteiger partial charge on any atom is -0.298 e. The third kappa shape index (κ3) is 2.58. The van der Waals surface area contributed by atoms with Crippen molar-refractivity contribution in [3.8, 4) is 0 Å². The van der Waals surface area contributed by atoms with Crippen LogP contribution in [0, 0.1) is 0 Å². The van der Waals surface area contributed by atoms with Crippen molar-refractivity contribution in [3.05, 3.63) is 0 Å². The summed E-state index contributed by atoms with van der Waals surface area (Å²) in [5, 5.41) is 0. The Morgan fingerprint density at radius 3 is 3.09 bits per heavy atom. The number of hydrogen-bond donors (Lipinski definition) is 0. The molecular formula is C8H14FNO. The molecule has 0 radical (unpaired) electrons. The number of Topliss-reactive ketones (excluding diaryl/α,β-unsaturated/α-hetero) is 1. The molecular weight excluding hydrogens is 145 g/mol. The average molecular weight is 159 g/mol. The van der Waals surface area contributed by atoms with Gasteiger partial charge < -0.3 is 0 Å². The summed E-state index contributed by atoms with van der Waals surface area (Å²) < 4.78 is 12.9. The van der Waals surface area contributed by atoms with Crippen LogP contribution in [0.15, 0.2) is 0 Å². The van der Waals surface area contributed by atoms with E-state index in [9.17, 15) is 9.18 Å². The van der Waals surface area contributed by atoms with E-state index in [1.54, 1.807) is 0 Å². The largest absolute Gasteiger partial charge is 0.298 e. The lowest BCUT2D eigenvalue weighted by molar-refractivity contribution is -0.119. The number of halogens is 1. The molecule has 0 saturated carbocycles. The van der Waals surface area contributed by atoms with E-state index in [1.807, 2.05) is 11.8 Å². The zero-order valence-corrected chi connectivity index (χ0v) is 6.85. The topological polar surface area (TPSA) is 20.3 Å². The lowest BCUT2D eigenvalue weighted by Crippen LogP contribution is -2.31. The van der Waals surface area contributed by atoms with Crippen LogP contribution in [0.4, 0.5) is 4.39 Å². The van der Waals surface area contributed by atoms with Crippen molar-refractivity contribution in [2.24, 2.45) is 0 Å². The molecule has 3 heteroatoms. The summed E-state index contributed by atoms with van der Waals surface area (Å²) in [6, 6.07) is 0. The predicted octanol–water partition coefficient (Wildman–Crippen LogP) is 1.01. The normalized spacial score (nSPS) is 28.5. The fourth-order valence-corrected chi connectivity index (χ4v) is 1.32. The van der Waals surface area contributed by atoms with E-state index in [4.69, 9.17) is 0 Å². The molecule has 0 bridgehead atoms. The van der Waals surface area contributed by atoms with Gasteiger partial charge >= 0.3 is 0 Å². The second-order valence-corrected chi connectivity index (χ2v) is 3.00. The van der Waals surface area contributed by atoms with Gasteiger partial charge in [-0.15, -0.1) is 0 Å². The van der Waals surface area contributed by atoms with Crippen molar-refractivity contribution in [3.63, 3.8) is 0 Å². The molecule has 1 fully saturated rings. The molecule has 0 spiro atoms. The smallest absolute Gasteiger partial charge is 0.146 e. The van der Waals surface area contributed by atoms with Crippen LogP contribution in [0.3, 0.4) is 0 Å². The Labute approximate surface area is 66.4 Å². The van der Waals surface area contributed by atoms with Crippen LogP contribution in [-0.4, -0.2) is 36.5 Å². The van der Waals surface area contributed by atoms with Gasteiger partial charge in [-0.1, -0.05) is 6.92 Å². The van der Waals surface area contributed by atoms with Gasteiger partial charge in [0.25, 0.3) is 0 Å². The van der Waals surface area contributed by atoms with Crippen molar-refractivity contribution in [1.82, 2.24) is 4.90 Å². The van der Waals surface area contributed by atoms with Gasteiger partial charge in [0.15, 0.2) is 0 Å². The molecule has 1 aliphatic rings. The van der Waals surface area contributed by atoms with E-state index in [2.05, 4.69) is 0 Å². The maximum Gasteiger partial charge on any atom is 0.146 e. The van der Waals surface area contributed by atoms with Crippen molar-refractivity contribution in [2.45, 2.75) is 25.9 Å². The van der Waals surface area contributed by atoms with Gasteiger partial charge in [0.05, 0.1) is 6.54 Å². The van der Waals surface area contributed by atoms with Crippen molar-refractivity contribution < 1.29 is 9.18 Å². The van der Waals surface area contributed by atoms with Gasteiger partial charge in [0.2, 0.25) is 0 Å². The molecule has 0 aromatic heterocycles. The van der Waals surface area contributed by atoms with E-state index in [0.717, 1.165) is 6.54 Å². The lowest BCUT2D eigenvalue weighted by atomic mass is 10.2. The lowest BCUT2D eigenvalue weighted by Gasteiger charge is -2.16. The molecule has 1 aliphatic heterocycles. The highest BCUT2D eigenvalue weighted by Crippen LogP contribution is 2.10. The molecule has 1 heterocycles. The first-order valence-corrected chi connectivity index (χ1v) is 4.10. The van der Waals surface area contributed by atoms with E-state index < -0.39 is 6.17 Å². The third-order valence-corrected chi connectivity index (χ3v) is 2.04. The van der Waals surface area contributed by atoms with Gasteiger partial charge in [-0.3, -0.25) is 9.69 Å². The van der Waals surface area contributed by atoms with Crippen LogP contribution in [0.5, 0.6) is 0 Å². The Morgan fingerprint density at radius 2 is 2.45 bits per heavy atom. The van der Waals surface area contributed by atoms with Crippen LogP contribution in [-0.2, 0) is 4.79 Å². The fraction of sp³-hybridized carbons (Fsp3) is 0.875. The second-order valence-electron chi connectivity index (χ2n) is 3.00. The number of carbonyl (C=O) groups is 1. The van der Waals surface area contributed by atoms with Crippen LogP contribution >= 0.6 is 0 Å². The summed E-state index contributed by atoms with van der Waals surface area (Å²) in [5.74, 6) is 0.173. The zero-order valence-electron chi connectivity index (χ0n) is 6.85. The van der Waals surface area contributed by atoms with Gasteiger partial charge in [0, 0.05) is 13.0 Å². The Hall–Kier alpha value is -0.440. The monoisotopic (exact) mass is 159 g/mol. The Kier molecular flexibility index (Phi) is 3.00. The minimum absolute atomic E-state index is 0.173. The summed E-state index contributed by atoms with van der Waals surface area (Å²) in [6.07, 6.45) is 0.0221. The molecule has 11 heavy (non-hydrogen) atoms. The van der Waals surface area contributed by atoms with Crippen LogP contribution < -0.4 is 0 Å². The summed E-state index contributed by atoms with van der Waals surface area (Å²) in [7, 11) is 0. The maximum atomic E-state index is 12.9. The second kappa shape index (κ2) is 3.81. The van der Waals surface area contributed by atoms with Gasteiger partial charge in [-0.2, -0.15) is 0 Å². The number of hydrogen-bond acceptors (Lipinski definition) is 2. The fourth-order valence-electron chi connectivity index (χ4n) is 1.32.